The molecular formula is C14H21ClO5S. The number of hydrogen-bond donors (Lipinski definition) is 2. The number of aryl methyl sites for hydroxylation is 2. The molecule has 7 heteroatoms. The highest BCUT2D eigenvalue weighted by Crippen LogP contribution is 2.25. The van der Waals surface area contributed by atoms with E-state index >= 15 is 0 Å². The summed E-state index contributed by atoms with van der Waals surface area (Å²) in [7, 11) is -3.49. The van der Waals surface area contributed by atoms with Crippen molar-refractivity contribution in [2.24, 2.45) is 0 Å². The van der Waals surface area contributed by atoms with Gasteiger partial charge in [0.15, 0.2) is 9.84 Å². The first-order valence-electron chi connectivity index (χ1n) is 6.64. The van der Waals surface area contributed by atoms with Crippen LogP contribution >= 0.6 is 11.6 Å². The Hall–Kier alpha value is -0.820. The molecule has 0 aliphatic heterocycles. The highest BCUT2D eigenvalue weighted by atomic mass is 35.5. The van der Waals surface area contributed by atoms with Crippen molar-refractivity contribution < 1.29 is 23.4 Å². The maximum Gasteiger partial charge on any atom is 0.158 e. The Morgan fingerprint density at radius 3 is 2.29 bits per heavy atom. The van der Waals surface area contributed by atoms with Crippen molar-refractivity contribution in [2.75, 3.05) is 25.6 Å². The molecule has 0 unspecified atom stereocenters. The summed E-state index contributed by atoms with van der Waals surface area (Å²) < 4.78 is 29.4. The second-order valence-corrected chi connectivity index (χ2v) is 7.68. The van der Waals surface area contributed by atoms with Crippen molar-refractivity contribution in [1.82, 2.24) is 0 Å². The number of aliphatic hydroxyl groups excluding tert-OH is 2. The first-order valence-corrected chi connectivity index (χ1v) is 8.74. The van der Waals surface area contributed by atoms with Gasteiger partial charge in [0.1, 0.15) is 12.4 Å². The highest BCUT2D eigenvalue weighted by molar-refractivity contribution is 7.92. The summed E-state index contributed by atoms with van der Waals surface area (Å²) in [6.45, 7) is 2.91. The first kappa shape index (κ1) is 18.2. The van der Waals surface area contributed by atoms with Gasteiger partial charge in [0.2, 0.25) is 0 Å². The van der Waals surface area contributed by atoms with Crippen molar-refractivity contribution in [3.8, 4) is 5.75 Å². The van der Waals surface area contributed by atoms with Gasteiger partial charge in [0.05, 0.1) is 17.6 Å². The predicted molar refractivity (Wildman–Crippen MR) is 82.8 cm³/mol. The van der Waals surface area contributed by atoms with Gasteiger partial charge < -0.3 is 14.9 Å². The molecule has 1 aromatic rings. The van der Waals surface area contributed by atoms with E-state index in [2.05, 4.69) is 0 Å². The van der Waals surface area contributed by atoms with Gasteiger partial charge in [0.25, 0.3) is 0 Å². The minimum absolute atomic E-state index is 0.00915. The fourth-order valence-corrected chi connectivity index (χ4v) is 3.41. The van der Waals surface area contributed by atoms with E-state index in [1.165, 1.54) is 0 Å². The molecule has 1 atom stereocenters. The Bertz CT molecular complexity index is 548. The van der Waals surface area contributed by atoms with Gasteiger partial charge in [-0.1, -0.05) is 11.6 Å². The van der Waals surface area contributed by atoms with Crippen molar-refractivity contribution in [1.29, 1.82) is 0 Å². The second kappa shape index (κ2) is 7.98. The number of halogens is 1. The lowest BCUT2D eigenvalue weighted by Crippen LogP contribution is -2.30. The molecule has 120 valence electrons. The fraction of sp³-hybridized carbons (Fsp3) is 0.571. The topological polar surface area (TPSA) is 83.8 Å². The van der Waals surface area contributed by atoms with E-state index in [0.29, 0.717) is 10.8 Å². The van der Waals surface area contributed by atoms with Crippen LogP contribution in [0.15, 0.2) is 12.1 Å². The molecule has 0 aliphatic carbocycles. The van der Waals surface area contributed by atoms with Gasteiger partial charge in [-0.05, 0) is 43.5 Å². The van der Waals surface area contributed by atoms with Gasteiger partial charge in [-0.15, -0.1) is 0 Å². The SMILES string of the molecule is Cc1cc(OCCS(=O)(=O)[C@@H](CO)CCO)cc(C)c1Cl. The molecule has 0 heterocycles. The molecule has 0 radical (unpaired) electrons. The lowest BCUT2D eigenvalue weighted by Gasteiger charge is -2.15. The van der Waals surface area contributed by atoms with E-state index in [-0.39, 0.29) is 25.4 Å². The summed E-state index contributed by atoms with van der Waals surface area (Å²) in [4.78, 5) is 0. The molecule has 0 fully saturated rings. The van der Waals surface area contributed by atoms with Crippen LogP contribution in [0.2, 0.25) is 5.02 Å². The molecule has 0 saturated carbocycles. The van der Waals surface area contributed by atoms with Crippen LogP contribution in [0.4, 0.5) is 0 Å². The number of rotatable bonds is 8. The molecule has 0 aliphatic rings. The summed E-state index contributed by atoms with van der Waals surface area (Å²) in [5, 5.41) is 17.6. The Morgan fingerprint density at radius 1 is 1.24 bits per heavy atom. The Balaban J connectivity index is 2.64. The Kier molecular flexibility index (Phi) is 6.93. The quantitative estimate of drug-likeness (QED) is 0.751. The maximum absolute atomic E-state index is 12.0. The van der Waals surface area contributed by atoms with E-state index in [1.54, 1.807) is 12.1 Å². The molecule has 21 heavy (non-hydrogen) atoms. The van der Waals surface area contributed by atoms with Crippen LogP contribution in [0.5, 0.6) is 5.75 Å². The zero-order chi connectivity index (χ0) is 16.0. The van der Waals surface area contributed by atoms with Crippen LogP contribution in [-0.2, 0) is 9.84 Å². The Labute approximate surface area is 130 Å². The lowest BCUT2D eigenvalue weighted by molar-refractivity contribution is 0.243. The third-order valence-corrected chi connectivity index (χ3v) is 5.94. The predicted octanol–water partition coefficient (Wildman–Crippen LogP) is 1.49. The van der Waals surface area contributed by atoms with Gasteiger partial charge in [0, 0.05) is 11.6 Å². The Morgan fingerprint density at radius 2 is 1.81 bits per heavy atom. The molecule has 0 saturated heterocycles. The number of aliphatic hydroxyl groups is 2. The van der Waals surface area contributed by atoms with Crippen LogP contribution in [0, 0.1) is 13.8 Å². The molecule has 5 nitrogen and oxygen atoms in total. The van der Waals surface area contributed by atoms with E-state index in [0.717, 1.165) is 11.1 Å². The fourth-order valence-electron chi connectivity index (χ4n) is 1.96. The highest BCUT2D eigenvalue weighted by Gasteiger charge is 2.24. The summed E-state index contributed by atoms with van der Waals surface area (Å²) in [6, 6.07) is 3.50. The molecule has 0 bridgehead atoms. The second-order valence-electron chi connectivity index (χ2n) is 4.90. The molecule has 1 rings (SSSR count). The van der Waals surface area contributed by atoms with Gasteiger partial charge in [-0.25, -0.2) is 8.42 Å². The van der Waals surface area contributed by atoms with Crippen molar-refractivity contribution in [2.45, 2.75) is 25.5 Å². The average molecular weight is 337 g/mol. The monoisotopic (exact) mass is 336 g/mol. The number of sulfone groups is 1. The van der Waals surface area contributed by atoms with Crippen LogP contribution in [-0.4, -0.2) is 49.5 Å². The number of hydrogen-bond acceptors (Lipinski definition) is 5. The summed E-state index contributed by atoms with van der Waals surface area (Å²) in [6.07, 6.45) is 0.0258. The molecule has 0 spiro atoms. The molecule has 0 amide bonds. The third kappa shape index (κ3) is 5.14. The van der Waals surface area contributed by atoms with E-state index in [4.69, 9.17) is 26.6 Å². The zero-order valence-electron chi connectivity index (χ0n) is 12.2. The van der Waals surface area contributed by atoms with E-state index < -0.39 is 21.7 Å². The van der Waals surface area contributed by atoms with Crippen LogP contribution in [0.1, 0.15) is 17.5 Å². The lowest BCUT2D eigenvalue weighted by atomic mass is 10.1. The molecule has 0 aromatic heterocycles. The minimum Gasteiger partial charge on any atom is -0.493 e. The summed E-state index contributed by atoms with van der Waals surface area (Å²) >= 11 is 6.05. The molecule has 2 N–H and O–H groups in total. The van der Waals surface area contributed by atoms with Gasteiger partial charge in [-0.3, -0.25) is 0 Å². The zero-order valence-corrected chi connectivity index (χ0v) is 13.7. The summed E-state index contributed by atoms with van der Waals surface area (Å²) in [5.74, 6) is 0.353. The third-order valence-electron chi connectivity index (χ3n) is 3.21. The summed E-state index contributed by atoms with van der Waals surface area (Å²) in [5.41, 5.74) is 1.73. The van der Waals surface area contributed by atoms with Crippen LogP contribution in [0.25, 0.3) is 0 Å². The van der Waals surface area contributed by atoms with Crippen molar-refractivity contribution >= 4 is 21.4 Å². The largest absolute Gasteiger partial charge is 0.493 e. The maximum atomic E-state index is 12.0. The normalized spacial score (nSPS) is 13.2. The van der Waals surface area contributed by atoms with Crippen LogP contribution < -0.4 is 4.74 Å². The van der Waals surface area contributed by atoms with E-state index in [1.807, 2.05) is 13.8 Å². The van der Waals surface area contributed by atoms with Crippen molar-refractivity contribution in [3.63, 3.8) is 0 Å². The van der Waals surface area contributed by atoms with Crippen molar-refractivity contribution in [3.05, 3.63) is 28.3 Å². The first-order chi connectivity index (χ1) is 9.81. The molecule has 1 aromatic carbocycles. The number of benzene rings is 1. The standard InChI is InChI=1S/C14H21ClO5S/c1-10-7-12(8-11(2)14(10)15)20-5-6-21(18,19)13(9-17)3-4-16/h7-8,13,16-17H,3-6,9H2,1-2H3/t13-/m1/s1. The molecular weight excluding hydrogens is 316 g/mol. The van der Waals surface area contributed by atoms with E-state index in [9.17, 15) is 8.42 Å². The number of ether oxygens (including phenoxy) is 1. The minimum atomic E-state index is -3.49. The van der Waals surface area contributed by atoms with Crippen LogP contribution in [0.3, 0.4) is 0 Å². The smallest absolute Gasteiger partial charge is 0.158 e. The average Bonchev–Trinajstić information content (AvgIpc) is 2.41. The van der Waals surface area contributed by atoms with Gasteiger partial charge >= 0.3 is 0 Å². The van der Waals surface area contributed by atoms with Gasteiger partial charge in [-0.2, -0.15) is 0 Å².